The summed E-state index contributed by atoms with van der Waals surface area (Å²) in [5, 5.41) is 9.26. The molecule has 0 saturated heterocycles. The molecule has 2 aromatic rings. The highest BCUT2D eigenvalue weighted by atomic mass is 32.1. The molecule has 5 heteroatoms. The van der Waals surface area contributed by atoms with E-state index in [0.717, 1.165) is 17.0 Å². The normalized spacial score (nSPS) is 16.8. The van der Waals surface area contributed by atoms with Gasteiger partial charge in [-0.05, 0) is 44.1 Å². The van der Waals surface area contributed by atoms with E-state index in [4.69, 9.17) is 4.52 Å². The molecule has 0 radical (unpaired) electrons. The average molecular weight is 318 g/mol. The van der Waals surface area contributed by atoms with E-state index in [9.17, 15) is 4.79 Å². The van der Waals surface area contributed by atoms with Gasteiger partial charge < -0.3 is 9.84 Å². The highest BCUT2D eigenvalue weighted by Gasteiger charge is 2.28. The highest BCUT2D eigenvalue weighted by Crippen LogP contribution is 2.37. The molecule has 1 aliphatic rings. The van der Waals surface area contributed by atoms with Crippen LogP contribution in [-0.2, 0) is 11.2 Å². The summed E-state index contributed by atoms with van der Waals surface area (Å²) < 4.78 is 5.15. The number of nitrogens with zero attached hydrogens (tertiary/aromatic N) is 1. The van der Waals surface area contributed by atoms with Crippen LogP contribution in [0.5, 0.6) is 0 Å². The standard InChI is InChI=1S/C17H22N2O2S/c1-11-14(12(2)21-19-11)10-16(20)18-17(13-6-3-4-7-13)15-8-5-9-22-15/h5,8-9,13,17H,3-4,6-7,10H2,1-2H3,(H,18,20)/t17-/m1/s1. The van der Waals surface area contributed by atoms with Gasteiger partial charge in [-0.3, -0.25) is 4.79 Å². The largest absolute Gasteiger partial charge is 0.361 e. The van der Waals surface area contributed by atoms with E-state index in [1.807, 2.05) is 13.8 Å². The zero-order chi connectivity index (χ0) is 15.5. The Morgan fingerprint density at radius 1 is 1.45 bits per heavy atom. The lowest BCUT2D eigenvalue weighted by atomic mass is 9.96. The van der Waals surface area contributed by atoms with Gasteiger partial charge in [-0.25, -0.2) is 0 Å². The molecule has 2 heterocycles. The number of carbonyl (C=O) groups is 1. The van der Waals surface area contributed by atoms with Gasteiger partial charge in [0, 0.05) is 10.4 Å². The number of amides is 1. The minimum absolute atomic E-state index is 0.0553. The van der Waals surface area contributed by atoms with E-state index in [2.05, 4.69) is 28.0 Å². The second kappa shape index (κ2) is 6.65. The van der Waals surface area contributed by atoms with Crippen LogP contribution in [0.2, 0.25) is 0 Å². The Hall–Kier alpha value is -1.62. The summed E-state index contributed by atoms with van der Waals surface area (Å²) in [6, 6.07) is 4.34. The maximum atomic E-state index is 12.5. The van der Waals surface area contributed by atoms with Gasteiger partial charge in [-0.1, -0.05) is 24.1 Å². The third-order valence-electron chi connectivity index (χ3n) is 4.56. The molecule has 1 saturated carbocycles. The van der Waals surface area contributed by atoms with E-state index < -0.39 is 0 Å². The average Bonchev–Trinajstić information content (AvgIpc) is 3.23. The number of hydrogen-bond acceptors (Lipinski definition) is 4. The van der Waals surface area contributed by atoms with E-state index in [1.54, 1.807) is 11.3 Å². The summed E-state index contributed by atoms with van der Waals surface area (Å²) >= 11 is 1.73. The minimum Gasteiger partial charge on any atom is -0.361 e. The van der Waals surface area contributed by atoms with Crippen LogP contribution in [-0.4, -0.2) is 11.1 Å². The molecule has 1 N–H and O–H groups in total. The highest BCUT2D eigenvalue weighted by molar-refractivity contribution is 7.10. The molecule has 1 aliphatic carbocycles. The van der Waals surface area contributed by atoms with Crippen LogP contribution < -0.4 is 5.32 Å². The Morgan fingerprint density at radius 3 is 2.82 bits per heavy atom. The molecule has 0 aromatic carbocycles. The molecule has 1 atom stereocenters. The number of aromatic nitrogens is 1. The molecule has 1 amide bonds. The Balaban J connectivity index is 1.71. The monoisotopic (exact) mass is 318 g/mol. The lowest BCUT2D eigenvalue weighted by Crippen LogP contribution is -2.33. The zero-order valence-electron chi connectivity index (χ0n) is 13.1. The Labute approximate surface area is 134 Å². The molecule has 0 bridgehead atoms. The molecule has 0 aliphatic heterocycles. The van der Waals surface area contributed by atoms with E-state index in [-0.39, 0.29) is 11.9 Å². The first kappa shape index (κ1) is 15.3. The second-order valence-electron chi connectivity index (χ2n) is 6.08. The number of aryl methyl sites for hydroxylation is 2. The summed E-state index contributed by atoms with van der Waals surface area (Å²) in [5.41, 5.74) is 1.72. The third kappa shape index (κ3) is 3.24. The van der Waals surface area contributed by atoms with Gasteiger partial charge in [0.1, 0.15) is 5.76 Å². The summed E-state index contributed by atoms with van der Waals surface area (Å²) in [7, 11) is 0. The van der Waals surface area contributed by atoms with Crippen molar-refractivity contribution in [2.75, 3.05) is 0 Å². The van der Waals surface area contributed by atoms with Crippen LogP contribution in [0.25, 0.3) is 0 Å². The van der Waals surface area contributed by atoms with Crippen molar-refractivity contribution in [2.45, 2.75) is 52.0 Å². The fraction of sp³-hybridized carbons (Fsp3) is 0.529. The van der Waals surface area contributed by atoms with Gasteiger partial charge in [0.15, 0.2) is 0 Å². The van der Waals surface area contributed by atoms with Crippen LogP contribution in [0.3, 0.4) is 0 Å². The van der Waals surface area contributed by atoms with Gasteiger partial charge >= 0.3 is 0 Å². The van der Waals surface area contributed by atoms with E-state index >= 15 is 0 Å². The molecule has 3 rings (SSSR count). The third-order valence-corrected chi connectivity index (χ3v) is 5.51. The summed E-state index contributed by atoms with van der Waals surface area (Å²) in [4.78, 5) is 13.8. The van der Waals surface area contributed by atoms with Gasteiger partial charge in [-0.15, -0.1) is 11.3 Å². The van der Waals surface area contributed by atoms with E-state index in [0.29, 0.717) is 12.3 Å². The molecule has 0 spiro atoms. The zero-order valence-corrected chi connectivity index (χ0v) is 13.9. The van der Waals surface area contributed by atoms with Crippen molar-refractivity contribution >= 4 is 17.2 Å². The molecular formula is C17H22N2O2S. The molecule has 0 unspecified atom stereocenters. The number of thiophene rings is 1. The molecule has 22 heavy (non-hydrogen) atoms. The Morgan fingerprint density at radius 2 is 2.23 bits per heavy atom. The van der Waals surface area contributed by atoms with Gasteiger partial charge in [-0.2, -0.15) is 0 Å². The minimum atomic E-state index is 0.0553. The van der Waals surface area contributed by atoms with Crippen LogP contribution in [0, 0.1) is 19.8 Å². The van der Waals surface area contributed by atoms with Gasteiger partial charge in [0.05, 0.1) is 18.2 Å². The van der Waals surface area contributed by atoms with Crippen molar-refractivity contribution in [2.24, 2.45) is 5.92 Å². The molecular weight excluding hydrogens is 296 g/mol. The smallest absolute Gasteiger partial charge is 0.225 e. The predicted molar refractivity (Wildman–Crippen MR) is 86.8 cm³/mol. The van der Waals surface area contributed by atoms with Crippen molar-refractivity contribution in [1.29, 1.82) is 0 Å². The Kier molecular flexibility index (Phi) is 4.62. The number of carbonyl (C=O) groups excluding carboxylic acids is 1. The lowest BCUT2D eigenvalue weighted by Gasteiger charge is -2.23. The summed E-state index contributed by atoms with van der Waals surface area (Å²) in [6.07, 6.45) is 5.29. The van der Waals surface area contributed by atoms with Crippen molar-refractivity contribution in [3.05, 3.63) is 39.4 Å². The first-order valence-corrected chi connectivity index (χ1v) is 8.77. The van der Waals surface area contributed by atoms with Gasteiger partial charge in [0.25, 0.3) is 0 Å². The van der Waals surface area contributed by atoms with Crippen LogP contribution in [0.4, 0.5) is 0 Å². The molecule has 118 valence electrons. The fourth-order valence-corrected chi connectivity index (χ4v) is 4.19. The lowest BCUT2D eigenvalue weighted by molar-refractivity contribution is -0.121. The molecule has 2 aromatic heterocycles. The van der Waals surface area contributed by atoms with Gasteiger partial charge in [0.2, 0.25) is 5.91 Å². The van der Waals surface area contributed by atoms with Crippen LogP contribution in [0.15, 0.2) is 22.0 Å². The Bertz CT molecular complexity index is 608. The number of nitrogens with one attached hydrogen (secondary N) is 1. The van der Waals surface area contributed by atoms with Crippen molar-refractivity contribution in [3.8, 4) is 0 Å². The number of rotatable bonds is 5. The summed E-state index contributed by atoms with van der Waals surface area (Å²) in [5.74, 6) is 1.35. The molecule has 1 fully saturated rings. The SMILES string of the molecule is Cc1noc(C)c1CC(=O)N[C@@H](c1cccs1)C1CCCC1. The topological polar surface area (TPSA) is 55.1 Å². The first-order chi connectivity index (χ1) is 10.6. The summed E-state index contributed by atoms with van der Waals surface area (Å²) in [6.45, 7) is 3.74. The van der Waals surface area contributed by atoms with E-state index in [1.165, 1.54) is 30.6 Å². The van der Waals surface area contributed by atoms with Crippen LogP contribution >= 0.6 is 11.3 Å². The predicted octanol–water partition coefficient (Wildman–Crippen LogP) is 3.94. The van der Waals surface area contributed by atoms with Crippen molar-refractivity contribution in [3.63, 3.8) is 0 Å². The maximum absolute atomic E-state index is 12.5. The molecule has 4 nitrogen and oxygen atoms in total. The van der Waals surface area contributed by atoms with Crippen molar-refractivity contribution < 1.29 is 9.32 Å². The first-order valence-electron chi connectivity index (χ1n) is 7.89. The fourth-order valence-electron chi connectivity index (χ4n) is 3.32. The second-order valence-corrected chi connectivity index (χ2v) is 7.06. The van der Waals surface area contributed by atoms with Crippen molar-refractivity contribution in [1.82, 2.24) is 10.5 Å². The maximum Gasteiger partial charge on any atom is 0.225 e. The number of hydrogen-bond donors (Lipinski definition) is 1. The quantitative estimate of drug-likeness (QED) is 0.908. The van der Waals surface area contributed by atoms with Crippen LogP contribution in [0.1, 0.15) is 53.6 Å².